The molecule has 0 bridgehead atoms. The summed E-state index contributed by atoms with van der Waals surface area (Å²) in [5, 5.41) is 25.5. The van der Waals surface area contributed by atoms with Gasteiger partial charge in [-0.05, 0) is 57.3 Å². The third kappa shape index (κ3) is 82.8. The van der Waals surface area contributed by atoms with E-state index in [1.807, 2.05) is 0 Å². The van der Waals surface area contributed by atoms with Gasteiger partial charge in [0.05, 0.1) is 13.1 Å². The maximum absolute atomic E-state index is 10.9. The topological polar surface area (TPSA) is 214 Å². The number of carboxylic acid groups (broad SMARTS) is 3. The van der Waals surface area contributed by atoms with Gasteiger partial charge in [-0.15, -0.1) is 0 Å². The molecular formula is C49H97BFe3N2NaO11. The van der Waals surface area contributed by atoms with E-state index in [0.29, 0.717) is 5.92 Å². The Morgan fingerprint density at radius 1 is 0.522 bits per heavy atom. The van der Waals surface area contributed by atoms with Crippen LogP contribution < -0.4 is 40.4 Å². The van der Waals surface area contributed by atoms with Crippen LogP contribution in [0.1, 0.15) is 194 Å². The fourth-order valence-corrected chi connectivity index (χ4v) is 7.37. The normalized spacial score (nSPS) is 15.4. The molecule has 67 heavy (non-hydrogen) atoms. The van der Waals surface area contributed by atoms with E-state index in [1.54, 1.807) is 0 Å². The molecule has 4 N–H and O–H groups in total. The summed E-state index contributed by atoms with van der Waals surface area (Å²) in [6.45, 7) is 5.25. The van der Waals surface area contributed by atoms with Crippen LogP contribution in [0.3, 0.4) is 0 Å². The fraction of sp³-hybridized carbons (Fsp3) is 0.755. The van der Waals surface area contributed by atoms with Gasteiger partial charge in [-0.25, -0.2) is 19.4 Å². The fourth-order valence-electron chi connectivity index (χ4n) is 7.37. The quantitative estimate of drug-likeness (QED) is 0.0728. The molecule has 0 atom stereocenters. The van der Waals surface area contributed by atoms with Gasteiger partial charge in [-0.3, -0.25) is 14.5 Å². The summed E-state index contributed by atoms with van der Waals surface area (Å²) in [6.07, 6.45) is 39.0. The summed E-state index contributed by atoms with van der Waals surface area (Å²) in [5.74, 6) is -2.06. The van der Waals surface area contributed by atoms with E-state index in [0.717, 1.165) is 64.8 Å². The standard InChI is InChI=1S/C14H25NO2.C6H10O.3C5H10.C4H6O4.C2H5NO2.C2H4O2.6CH3.B.3Fe.Na/c16-14(17)11-15(9-12-5-1-2-6-12)10-13-7-3-4-8-13;7-5-6-3-1-2-4-6;3*1-2-4-5-3-1;1-3(5)7-8-4(2)6;3-1-2(4)5;1-2(3)4;;;;;;;;;;;/h12-13H,1-11H2,(H,16,17);5-6H,1-4H2;3*1-5H2;1-2H3;1,3H2,(H,4,5);1H3,(H,3,4);6*1H3;;;;;/q;;;;;;;;6*-1;;3*+2;+1/p-1. The predicted molar refractivity (Wildman–Crippen MR) is 260 cm³/mol. The maximum atomic E-state index is 10.9. The van der Waals surface area contributed by atoms with Gasteiger partial charge < -0.3 is 75.2 Å². The Bertz CT molecular complexity index is 932. The number of rotatable bonds is 8. The molecule has 0 aromatic heterocycles. The molecule has 0 heterocycles. The summed E-state index contributed by atoms with van der Waals surface area (Å²) >= 11 is 0. The monoisotopic (exact) mass is 1090 g/mol. The number of aldehydes is 1. The average molecular weight is 1090 g/mol. The number of carbonyl (C=O) groups excluding carboxylic acids is 4. The van der Waals surface area contributed by atoms with Crippen molar-refractivity contribution in [1.82, 2.24) is 4.90 Å². The predicted octanol–water partition coefficient (Wildman–Crippen LogP) is 7.11. The summed E-state index contributed by atoms with van der Waals surface area (Å²) in [4.78, 5) is 68.6. The molecular weight excluding hydrogens is 994 g/mol. The molecule has 6 rings (SSSR count). The van der Waals surface area contributed by atoms with E-state index in [4.69, 9.17) is 20.1 Å². The van der Waals surface area contributed by atoms with Crippen molar-refractivity contribution in [3.05, 3.63) is 44.6 Å². The number of nitrogens with two attached hydrogens (primary N) is 1. The molecule has 13 nitrogen and oxygen atoms in total. The number of nitrogens with zero attached hydrogens (tertiary/aromatic N) is 1. The summed E-state index contributed by atoms with van der Waals surface area (Å²) in [5.41, 5.74) is 4.57. The first-order valence-corrected chi connectivity index (χ1v) is 21.6. The van der Waals surface area contributed by atoms with Crippen molar-refractivity contribution in [3.8, 4) is 0 Å². The van der Waals surface area contributed by atoms with Crippen LogP contribution in [0.2, 0.25) is 0 Å². The van der Waals surface area contributed by atoms with Gasteiger partial charge >= 0.3 is 105 Å². The van der Waals surface area contributed by atoms with Gasteiger partial charge in [0, 0.05) is 47.2 Å². The van der Waals surface area contributed by atoms with Crippen molar-refractivity contribution in [2.24, 2.45) is 23.5 Å². The average Bonchev–Trinajstić information content (AvgIpc) is 3.99. The second kappa shape index (κ2) is 74.5. The number of carboxylic acids is 3. The third-order valence-electron chi connectivity index (χ3n) is 10.1. The zero-order valence-electron chi connectivity index (χ0n) is 44.0. The van der Waals surface area contributed by atoms with E-state index >= 15 is 0 Å². The van der Waals surface area contributed by atoms with Crippen LogP contribution in [0.5, 0.6) is 0 Å². The number of hydrogen-bond acceptors (Lipinski definition) is 11. The van der Waals surface area contributed by atoms with Gasteiger partial charge in [0.25, 0.3) is 0 Å². The van der Waals surface area contributed by atoms with Crippen molar-refractivity contribution in [1.29, 1.82) is 0 Å². The van der Waals surface area contributed by atoms with Crippen LogP contribution in [0.4, 0.5) is 0 Å². The Morgan fingerprint density at radius 3 is 0.881 bits per heavy atom. The molecule has 0 unspecified atom stereocenters. The molecule has 0 aromatic carbocycles. The first kappa shape index (κ1) is 99.7. The van der Waals surface area contributed by atoms with E-state index in [1.165, 1.54) is 161 Å². The van der Waals surface area contributed by atoms with Crippen LogP contribution >= 0.6 is 0 Å². The van der Waals surface area contributed by atoms with Crippen molar-refractivity contribution in [2.45, 2.75) is 194 Å². The van der Waals surface area contributed by atoms with Crippen molar-refractivity contribution in [2.75, 3.05) is 26.2 Å². The summed E-state index contributed by atoms with van der Waals surface area (Å²) < 4.78 is 0. The molecule has 6 aliphatic rings. The van der Waals surface area contributed by atoms with Crippen LogP contribution in [-0.4, -0.2) is 85.8 Å². The Morgan fingerprint density at radius 2 is 0.731 bits per heavy atom. The van der Waals surface area contributed by atoms with Crippen LogP contribution in [0, 0.1) is 62.3 Å². The van der Waals surface area contributed by atoms with Crippen molar-refractivity contribution < 1.29 is 135 Å². The zero-order valence-corrected chi connectivity index (χ0v) is 49.3. The Labute approximate surface area is 468 Å². The Kier molecular flexibility index (Phi) is 111. The first-order valence-electron chi connectivity index (χ1n) is 21.6. The molecule has 397 valence electrons. The summed E-state index contributed by atoms with van der Waals surface area (Å²) in [6, 6.07) is 0. The molecule has 6 aliphatic carbocycles. The van der Waals surface area contributed by atoms with Crippen molar-refractivity contribution >= 4 is 44.5 Å². The molecule has 0 aromatic rings. The van der Waals surface area contributed by atoms with Gasteiger partial charge in [0.2, 0.25) is 0 Å². The van der Waals surface area contributed by atoms with Crippen LogP contribution in [-0.2, 0) is 89.7 Å². The summed E-state index contributed by atoms with van der Waals surface area (Å²) in [7, 11) is 0. The van der Waals surface area contributed by atoms with E-state index < -0.39 is 29.8 Å². The number of aliphatic carboxylic acids is 3. The minimum absolute atomic E-state index is 0. The van der Waals surface area contributed by atoms with Gasteiger partial charge in [0.15, 0.2) is 0 Å². The van der Waals surface area contributed by atoms with E-state index in [-0.39, 0.29) is 147 Å². The Balaban J connectivity index is -0.0000000466. The molecule has 3 radical (unpaired) electrons. The van der Waals surface area contributed by atoms with E-state index in [9.17, 15) is 24.0 Å². The van der Waals surface area contributed by atoms with Gasteiger partial charge in [0.1, 0.15) is 6.29 Å². The smallest absolute Gasteiger partial charge is 0.550 e. The minimum atomic E-state index is -1.08. The molecule has 18 heteroatoms. The van der Waals surface area contributed by atoms with Crippen LogP contribution in [0.25, 0.3) is 0 Å². The molecule has 0 saturated heterocycles. The third-order valence-corrected chi connectivity index (χ3v) is 10.1. The first-order chi connectivity index (χ1) is 26.8. The Hall–Kier alpha value is -0.437. The number of carbonyl (C=O) groups is 6. The molecule has 0 aliphatic heterocycles. The molecule has 0 spiro atoms. The van der Waals surface area contributed by atoms with Crippen molar-refractivity contribution in [3.63, 3.8) is 0 Å². The van der Waals surface area contributed by atoms with Gasteiger partial charge in [-0.1, -0.05) is 135 Å². The SMILES string of the molecule is C1CCCC1.C1CCCC1.C1CCCC1.CC(=O)OOC(C)=O.CC(=O)[O-].NCC(=O)O.O=C(O)CN(CC1CCCC1)CC1CCCC1.O=CC1CCCC1.[B].[CH3-].[CH3-].[CH3-].[CH3-].[CH3-].[CH3-].[Fe+2].[Fe+2].[Fe+2].[Na+]. The number of hydrogen-bond donors (Lipinski definition) is 3. The molecule has 6 saturated carbocycles. The van der Waals surface area contributed by atoms with Crippen LogP contribution in [0.15, 0.2) is 0 Å². The maximum Gasteiger partial charge on any atom is 2.00 e. The van der Waals surface area contributed by atoms with E-state index in [2.05, 4.69) is 20.4 Å². The minimum Gasteiger partial charge on any atom is -0.550 e. The second-order valence-electron chi connectivity index (χ2n) is 15.6. The second-order valence-corrected chi connectivity index (χ2v) is 15.6. The largest absolute Gasteiger partial charge is 2.00 e. The van der Waals surface area contributed by atoms with Gasteiger partial charge in [-0.2, -0.15) is 0 Å². The zero-order chi connectivity index (χ0) is 42.2. The molecule has 6 fully saturated rings. The molecule has 0 amide bonds.